The summed E-state index contributed by atoms with van der Waals surface area (Å²) in [6.45, 7) is 4.27. The minimum Gasteiger partial charge on any atom is -0.313 e. The zero-order valence-corrected chi connectivity index (χ0v) is 10.1. The summed E-state index contributed by atoms with van der Waals surface area (Å²) in [5.41, 5.74) is 0.841. The topological polar surface area (TPSA) is 12.0 Å². The molecule has 0 aliphatic heterocycles. The standard InChI is InChI=1S/C12H17ClFN/c1-8(2)6-12(15-3)10-7-9(14)4-5-11(10)13/h4-5,7-8,12,15H,6H2,1-3H3. The highest BCUT2D eigenvalue weighted by Gasteiger charge is 2.14. The first-order valence-electron chi connectivity index (χ1n) is 5.16. The van der Waals surface area contributed by atoms with E-state index in [0.29, 0.717) is 10.9 Å². The van der Waals surface area contributed by atoms with Gasteiger partial charge in [0, 0.05) is 11.1 Å². The van der Waals surface area contributed by atoms with Gasteiger partial charge in [0.2, 0.25) is 0 Å². The highest BCUT2D eigenvalue weighted by atomic mass is 35.5. The molecule has 1 rings (SSSR count). The van der Waals surface area contributed by atoms with Crippen molar-refractivity contribution < 1.29 is 4.39 Å². The van der Waals surface area contributed by atoms with Crippen LogP contribution in [0, 0.1) is 11.7 Å². The fourth-order valence-electron chi connectivity index (χ4n) is 1.65. The molecule has 0 radical (unpaired) electrons. The zero-order valence-electron chi connectivity index (χ0n) is 9.35. The predicted octanol–water partition coefficient (Wildman–Crippen LogP) is 3.79. The molecule has 84 valence electrons. The SMILES string of the molecule is CNC(CC(C)C)c1cc(F)ccc1Cl. The lowest BCUT2D eigenvalue weighted by Gasteiger charge is -2.20. The van der Waals surface area contributed by atoms with E-state index in [1.54, 1.807) is 6.07 Å². The Hall–Kier alpha value is -0.600. The average Bonchev–Trinajstić information content (AvgIpc) is 2.18. The van der Waals surface area contributed by atoms with Crippen LogP contribution in [0.25, 0.3) is 0 Å². The molecule has 0 aliphatic carbocycles. The van der Waals surface area contributed by atoms with Crippen LogP contribution in [0.5, 0.6) is 0 Å². The molecule has 15 heavy (non-hydrogen) atoms. The van der Waals surface area contributed by atoms with Gasteiger partial charge >= 0.3 is 0 Å². The number of nitrogens with one attached hydrogen (secondary N) is 1. The molecule has 1 nitrogen and oxygen atoms in total. The molecule has 1 aromatic carbocycles. The molecule has 0 bridgehead atoms. The van der Waals surface area contributed by atoms with Crippen molar-refractivity contribution >= 4 is 11.6 Å². The molecule has 1 unspecified atom stereocenters. The normalized spacial score (nSPS) is 13.2. The van der Waals surface area contributed by atoms with Crippen molar-refractivity contribution in [2.75, 3.05) is 7.05 Å². The van der Waals surface area contributed by atoms with Crippen molar-refractivity contribution in [3.63, 3.8) is 0 Å². The van der Waals surface area contributed by atoms with Crippen LogP contribution >= 0.6 is 11.6 Å². The lowest BCUT2D eigenvalue weighted by atomic mass is 9.97. The number of benzene rings is 1. The second-order valence-corrected chi connectivity index (χ2v) is 4.54. The molecule has 1 N–H and O–H groups in total. The molecule has 0 amide bonds. The Labute approximate surface area is 95.6 Å². The molecule has 3 heteroatoms. The Bertz CT molecular complexity index is 325. The molecule has 0 saturated carbocycles. The van der Waals surface area contributed by atoms with E-state index in [4.69, 9.17) is 11.6 Å². The summed E-state index contributed by atoms with van der Waals surface area (Å²) in [5.74, 6) is 0.306. The maximum Gasteiger partial charge on any atom is 0.123 e. The summed E-state index contributed by atoms with van der Waals surface area (Å²) >= 11 is 6.05. The molecule has 0 spiro atoms. The zero-order chi connectivity index (χ0) is 11.4. The van der Waals surface area contributed by atoms with Crippen molar-refractivity contribution in [2.45, 2.75) is 26.3 Å². The maximum atomic E-state index is 13.1. The Morgan fingerprint density at radius 2 is 2.07 bits per heavy atom. The number of hydrogen-bond donors (Lipinski definition) is 1. The third kappa shape index (κ3) is 3.47. The highest BCUT2D eigenvalue weighted by Crippen LogP contribution is 2.28. The molecule has 0 fully saturated rings. The summed E-state index contributed by atoms with van der Waals surface area (Å²) in [4.78, 5) is 0. The monoisotopic (exact) mass is 229 g/mol. The van der Waals surface area contributed by atoms with Gasteiger partial charge in [0.15, 0.2) is 0 Å². The van der Waals surface area contributed by atoms with Gasteiger partial charge in [-0.3, -0.25) is 0 Å². The Kier molecular flexibility index (Phi) is 4.55. The lowest BCUT2D eigenvalue weighted by Crippen LogP contribution is -2.18. The molecule has 0 aliphatic rings. The second-order valence-electron chi connectivity index (χ2n) is 4.14. The van der Waals surface area contributed by atoms with Gasteiger partial charge in [-0.25, -0.2) is 4.39 Å². The first-order chi connectivity index (χ1) is 7.04. The van der Waals surface area contributed by atoms with Gasteiger partial charge in [-0.15, -0.1) is 0 Å². The van der Waals surface area contributed by atoms with E-state index in [-0.39, 0.29) is 11.9 Å². The molecule has 0 heterocycles. The van der Waals surface area contributed by atoms with Crippen LogP contribution in [-0.2, 0) is 0 Å². The molecular formula is C12H17ClFN. The van der Waals surface area contributed by atoms with Crippen LogP contribution in [0.4, 0.5) is 4.39 Å². The molecule has 0 aromatic heterocycles. The summed E-state index contributed by atoms with van der Waals surface area (Å²) in [6.07, 6.45) is 0.944. The van der Waals surface area contributed by atoms with Crippen LogP contribution in [0.1, 0.15) is 31.9 Å². The minimum atomic E-state index is -0.238. The van der Waals surface area contributed by atoms with E-state index in [9.17, 15) is 4.39 Å². The minimum absolute atomic E-state index is 0.119. The fraction of sp³-hybridized carbons (Fsp3) is 0.500. The molecule has 1 aromatic rings. The Morgan fingerprint density at radius 3 is 2.60 bits per heavy atom. The van der Waals surface area contributed by atoms with Gasteiger partial charge in [0.25, 0.3) is 0 Å². The quantitative estimate of drug-likeness (QED) is 0.829. The van der Waals surface area contributed by atoms with E-state index in [0.717, 1.165) is 12.0 Å². The van der Waals surface area contributed by atoms with E-state index in [2.05, 4.69) is 19.2 Å². The van der Waals surface area contributed by atoms with Gasteiger partial charge in [-0.1, -0.05) is 25.4 Å². The van der Waals surface area contributed by atoms with Gasteiger partial charge in [-0.05, 0) is 43.1 Å². The largest absolute Gasteiger partial charge is 0.313 e. The summed E-state index contributed by atoms with van der Waals surface area (Å²) in [6, 6.07) is 4.62. The van der Waals surface area contributed by atoms with E-state index in [1.807, 2.05) is 7.05 Å². The summed E-state index contributed by atoms with van der Waals surface area (Å²) in [5, 5.41) is 3.79. The number of hydrogen-bond acceptors (Lipinski definition) is 1. The number of rotatable bonds is 4. The van der Waals surface area contributed by atoms with Crippen molar-refractivity contribution in [3.05, 3.63) is 34.6 Å². The molecule has 0 saturated heterocycles. The van der Waals surface area contributed by atoms with Gasteiger partial charge in [0.05, 0.1) is 0 Å². The van der Waals surface area contributed by atoms with E-state index in [1.165, 1.54) is 12.1 Å². The Balaban J connectivity index is 2.95. The van der Waals surface area contributed by atoms with Gasteiger partial charge in [0.1, 0.15) is 5.82 Å². The van der Waals surface area contributed by atoms with Gasteiger partial charge < -0.3 is 5.32 Å². The molecule has 1 atom stereocenters. The maximum absolute atomic E-state index is 13.1. The van der Waals surface area contributed by atoms with Crippen LogP contribution in [0.2, 0.25) is 5.02 Å². The fourth-order valence-corrected chi connectivity index (χ4v) is 1.90. The first kappa shape index (κ1) is 12.5. The van der Waals surface area contributed by atoms with Crippen molar-refractivity contribution in [1.82, 2.24) is 5.32 Å². The number of halogens is 2. The van der Waals surface area contributed by atoms with Gasteiger partial charge in [-0.2, -0.15) is 0 Å². The van der Waals surface area contributed by atoms with Crippen molar-refractivity contribution in [1.29, 1.82) is 0 Å². The smallest absolute Gasteiger partial charge is 0.123 e. The average molecular weight is 230 g/mol. The molecular weight excluding hydrogens is 213 g/mol. The van der Waals surface area contributed by atoms with E-state index < -0.39 is 0 Å². The highest BCUT2D eigenvalue weighted by molar-refractivity contribution is 6.31. The van der Waals surface area contributed by atoms with Crippen molar-refractivity contribution in [3.8, 4) is 0 Å². The second kappa shape index (κ2) is 5.47. The Morgan fingerprint density at radius 1 is 1.40 bits per heavy atom. The third-order valence-electron chi connectivity index (χ3n) is 2.39. The summed E-state index contributed by atoms with van der Waals surface area (Å²) in [7, 11) is 1.87. The van der Waals surface area contributed by atoms with Crippen LogP contribution in [0.3, 0.4) is 0 Å². The first-order valence-corrected chi connectivity index (χ1v) is 5.54. The van der Waals surface area contributed by atoms with Crippen LogP contribution < -0.4 is 5.32 Å². The lowest BCUT2D eigenvalue weighted by molar-refractivity contribution is 0.455. The van der Waals surface area contributed by atoms with Crippen LogP contribution in [0.15, 0.2) is 18.2 Å². The third-order valence-corrected chi connectivity index (χ3v) is 2.73. The van der Waals surface area contributed by atoms with Crippen LogP contribution in [-0.4, -0.2) is 7.05 Å². The summed E-state index contributed by atoms with van der Waals surface area (Å²) < 4.78 is 13.1. The van der Waals surface area contributed by atoms with Crippen molar-refractivity contribution in [2.24, 2.45) is 5.92 Å². The van der Waals surface area contributed by atoms with E-state index >= 15 is 0 Å². The predicted molar refractivity (Wildman–Crippen MR) is 62.7 cm³/mol.